The molecule has 0 aliphatic carbocycles. The van der Waals surface area contributed by atoms with E-state index in [4.69, 9.17) is 14.6 Å². The smallest absolute Gasteiger partial charge is 0.306 e. The van der Waals surface area contributed by atoms with E-state index in [1.165, 1.54) is 103 Å². The SMILES string of the molecule is CCCCCCCCCCCC(=O)O[C@H](CCCCCCCCCCC)CC(=O)N[C@H](CC(=O)O)C(=O)NCCC[C@H](COC(=O)CCCCC(O)CO)NC(=O)C[C@H](O)CCCCCCCCCCC. The summed E-state index contributed by atoms with van der Waals surface area (Å²) in [5.74, 6) is -3.80. The van der Waals surface area contributed by atoms with Gasteiger partial charge in [0.2, 0.25) is 17.7 Å². The topological polar surface area (TPSA) is 238 Å². The summed E-state index contributed by atoms with van der Waals surface area (Å²) < 4.78 is 11.3. The summed E-state index contributed by atoms with van der Waals surface area (Å²) in [7, 11) is 0. The highest BCUT2D eigenvalue weighted by molar-refractivity contribution is 5.90. The first-order chi connectivity index (χ1) is 34.3. The highest BCUT2D eigenvalue weighted by Crippen LogP contribution is 2.18. The molecule has 0 saturated heterocycles. The Balaban J connectivity index is 5.39. The Morgan fingerprint density at radius 3 is 1.42 bits per heavy atom. The number of carboxylic acids is 1. The largest absolute Gasteiger partial charge is 0.481 e. The van der Waals surface area contributed by atoms with Crippen LogP contribution in [0.15, 0.2) is 0 Å². The van der Waals surface area contributed by atoms with Crippen molar-refractivity contribution in [3.05, 3.63) is 0 Å². The minimum absolute atomic E-state index is 0.0667. The fourth-order valence-corrected chi connectivity index (χ4v) is 8.73. The Morgan fingerprint density at radius 1 is 0.465 bits per heavy atom. The number of ether oxygens (including phenoxy) is 2. The molecule has 0 aromatic heterocycles. The fourth-order valence-electron chi connectivity index (χ4n) is 8.73. The first-order valence-corrected chi connectivity index (χ1v) is 28.7. The second-order valence-corrected chi connectivity index (χ2v) is 20.2. The van der Waals surface area contributed by atoms with Gasteiger partial charge in [0.25, 0.3) is 0 Å². The Bertz CT molecular complexity index is 1340. The lowest BCUT2D eigenvalue weighted by atomic mass is 10.0. The number of unbranched alkanes of at least 4 members (excludes halogenated alkanes) is 25. The molecule has 15 heteroatoms. The fraction of sp³-hybridized carbons (Fsp3) is 0.893. The van der Waals surface area contributed by atoms with Gasteiger partial charge in [-0.3, -0.25) is 28.8 Å². The van der Waals surface area contributed by atoms with E-state index in [9.17, 15) is 44.1 Å². The van der Waals surface area contributed by atoms with Crippen LogP contribution >= 0.6 is 0 Å². The molecular formula is C56H105N3O12. The maximum absolute atomic E-state index is 13.4. The van der Waals surface area contributed by atoms with Gasteiger partial charge in [0.05, 0.1) is 44.1 Å². The van der Waals surface area contributed by atoms with Crippen molar-refractivity contribution in [2.45, 2.75) is 302 Å². The molecule has 0 radical (unpaired) electrons. The standard InChI is InChI=1S/C56H105N3O12/c1-4-7-10-13-16-19-22-25-28-35-47(61)41-51(63)58-46(45-70-54(67)38-32-31-36-48(62)44-60)34-33-40-57-56(69)50(43-53(65)66)59-52(64)42-49(37-29-26-23-20-17-14-11-8-5-2)71-55(68)39-30-27-24-21-18-15-12-9-6-3/h46-50,60-62H,4-45H2,1-3H3,(H,57,69)(H,58,63)(H,59,64)(H,65,66)/t46-,47-,48?,49-,50-/m1/s1. The van der Waals surface area contributed by atoms with Crippen LogP contribution in [0, 0.1) is 0 Å². The van der Waals surface area contributed by atoms with Crippen molar-refractivity contribution in [2.75, 3.05) is 19.8 Å². The van der Waals surface area contributed by atoms with E-state index >= 15 is 0 Å². The molecule has 3 amide bonds. The van der Waals surface area contributed by atoms with Crippen molar-refractivity contribution in [3.63, 3.8) is 0 Å². The lowest BCUT2D eigenvalue weighted by molar-refractivity contribution is -0.151. The van der Waals surface area contributed by atoms with Gasteiger partial charge in [-0.2, -0.15) is 0 Å². The van der Waals surface area contributed by atoms with Crippen molar-refractivity contribution < 1.29 is 58.7 Å². The van der Waals surface area contributed by atoms with Gasteiger partial charge in [-0.15, -0.1) is 0 Å². The first kappa shape index (κ1) is 67.7. The molecule has 0 aliphatic heterocycles. The molecule has 416 valence electrons. The van der Waals surface area contributed by atoms with Gasteiger partial charge >= 0.3 is 17.9 Å². The molecule has 0 aromatic rings. The Morgan fingerprint density at radius 2 is 0.901 bits per heavy atom. The van der Waals surface area contributed by atoms with Crippen molar-refractivity contribution in [1.82, 2.24) is 16.0 Å². The highest BCUT2D eigenvalue weighted by Gasteiger charge is 2.26. The van der Waals surface area contributed by atoms with E-state index < -0.39 is 66.5 Å². The summed E-state index contributed by atoms with van der Waals surface area (Å²) in [6, 6.07) is -2.02. The Kier molecular flexibility index (Phi) is 46.7. The van der Waals surface area contributed by atoms with Gasteiger partial charge < -0.3 is 45.9 Å². The van der Waals surface area contributed by atoms with E-state index in [0.717, 1.165) is 64.2 Å². The Labute approximate surface area is 430 Å². The molecule has 0 saturated carbocycles. The van der Waals surface area contributed by atoms with E-state index in [1.807, 2.05) is 0 Å². The summed E-state index contributed by atoms with van der Waals surface area (Å²) in [5.41, 5.74) is 0. The molecule has 1 unspecified atom stereocenters. The average Bonchev–Trinajstić information content (AvgIpc) is 3.33. The number of aliphatic hydroxyl groups excluding tert-OH is 3. The number of esters is 2. The maximum atomic E-state index is 13.4. The quantitative estimate of drug-likeness (QED) is 0.0223. The number of aliphatic carboxylic acids is 1. The predicted molar refractivity (Wildman–Crippen MR) is 282 cm³/mol. The number of aliphatic hydroxyl groups is 3. The number of nitrogens with one attached hydrogen (secondary N) is 3. The molecular weight excluding hydrogens is 907 g/mol. The Hall–Kier alpha value is -3.30. The average molecular weight is 1010 g/mol. The van der Waals surface area contributed by atoms with Gasteiger partial charge in [-0.25, -0.2) is 0 Å². The lowest BCUT2D eigenvalue weighted by Crippen LogP contribution is -2.49. The van der Waals surface area contributed by atoms with Gasteiger partial charge in [0, 0.05) is 19.4 Å². The molecule has 0 spiro atoms. The third kappa shape index (κ3) is 45.1. The van der Waals surface area contributed by atoms with Gasteiger partial charge in [-0.05, 0) is 51.4 Å². The molecule has 15 nitrogen and oxygen atoms in total. The zero-order valence-electron chi connectivity index (χ0n) is 45.1. The lowest BCUT2D eigenvalue weighted by Gasteiger charge is -2.22. The number of amides is 3. The monoisotopic (exact) mass is 1010 g/mol. The third-order valence-corrected chi connectivity index (χ3v) is 13.1. The molecule has 71 heavy (non-hydrogen) atoms. The molecule has 7 N–H and O–H groups in total. The van der Waals surface area contributed by atoms with Gasteiger partial charge in [0.1, 0.15) is 18.8 Å². The highest BCUT2D eigenvalue weighted by atomic mass is 16.5. The van der Waals surface area contributed by atoms with Crippen molar-refractivity contribution >= 4 is 35.6 Å². The first-order valence-electron chi connectivity index (χ1n) is 28.7. The third-order valence-electron chi connectivity index (χ3n) is 13.1. The second-order valence-electron chi connectivity index (χ2n) is 20.2. The molecule has 0 fully saturated rings. The summed E-state index contributed by atoms with van der Waals surface area (Å²) in [5, 5.41) is 47.0. The predicted octanol–water partition coefficient (Wildman–Crippen LogP) is 10.6. The summed E-state index contributed by atoms with van der Waals surface area (Å²) in [6.07, 6.45) is 30.2. The zero-order valence-corrected chi connectivity index (χ0v) is 45.1. The number of hydrogen-bond donors (Lipinski definition) is 7. The molecule has 0 aromatic carbocycles. The number of hydrogen-bond acceptors (Lipinski definition) is 11. The molecule has 5 atom stereocenters. The van der Waals surface area contributed by atoms with E-state index in [-0.39, 0.29) is 57.8 Å². The maximum Gasteiger partial charge on any atom is 0.306 e. The van der Waals surface area contributed by atoms with Crippen molar-refractivity contribution in [1.29, 1.82) is 0 Å². The van der Waals surface area contributed by atoms with E-state index in [2.05, 4.69) is 36.7 Å². The number of carbonyl (C=O) groups is 6. The van der Waals surface area contributed by atoms with Crippen LogP contribution in [0.3, 0.4) is 0 Å². The minimum atomic E-state index is -1.38. The van der Waals surface area contributed by atoms with Crippen LogP contribution in [-0.2, 0) is 38.2 Å². The normalized spacial score (nSPS) is 13.4. The van der Waals surface area contributed by atoms with Crippen molar-refractivity contribution in [3.8, 4) is 0 Å². The van der Waals surface area contributed by atoms with Crippen LogP contribution in [0.2, 0.25) is 0 Å². The second kappa shape index (κ2) is 48.9. The molecule has 0 heterocycles. The number of carboxylic acid groups (broad SMARTS) is 1. The number of carbonyl (C=O) groups excluding carboxylic acids is 5. The molecule has 0 bridgehead atoms. The summed E-state index contributed by atoms with van der Waals surface area (Å²) in [6.45, 7) is 6.17. The van der Waals surface area contributed by atoms with Crippen LogP contribution in [0.5, 0.6) is 0 Å². The molecule has 0 aliphatic rings. The van der Waals surface area contributed by atoms with Crippen LogP contribution < -0.4 is 16.0 Å². The summed E-state index contributed by atoms with van der Waals surface area (Å²) >= 11 is 0. The van der Waals surface area contributed by atoms with Crippen LogP contribution in [0.25, 0.3) is 0 Å². The van der Waals surface area contributed by atoms with Gasteiger partial charge in [-0.1, -0.05) is 188 Å². The zero-order chi connectivity index (χ0) is 52.6. The number of rotatable bonds is 52. The van der Waals surface area contributed by atoms with E-state index in [1.54, 1.807) is 0 Å². The van der Waals surface area contributed by atoms with E-state index in [0.29, 0.717) is 44.9 Å². The van der Waals surface area contributed by atoms with Crippen molar-refractivity contribution in [2.24, 2.45) is 0 Å². The summed E-state index contributed by atoms with van der Waals surface area (Å²) in [4.78, 5) is 77.2. The van der Waals surface area contributed by atoms with Gasteiger partial charge in [0.15, 0.2) is 0 Å². The minimum Gasteiger partial charge on any atom is -0.481 e. The van der Waals surface area contributed by atoms with Crippen LogP contribution in [0.1, 0.15) is 271 Å². The van der Waals surface area contributed by atoms with Crippen LogP contribution in [0.4, 0.5) is 0 Å². The molecule has 0 rings (SSSR count). The van der Waals surface area contributed by atoms with Crippen LogP contribution in [-0.4, -0.2) is 106 Å².